The maximum atomic E-state index is 13.8. The highest BCUT2D eigenvalue weighted by molar-refractivity contribution is 6.01. The van der Waals surface area contributed by atoms with Gasteiger partial charge in [-0.05, 0) is 24.0 Å². The first kappa shape index (κ1) is 21.6. The smallest absolute Gasteiger partial charge is 0.315 e. The first-order valence-electron chi connectivity index (χ1n) is 9.89. The molecule has 1 aromatic carbocycles. The number of para-hydroxylation sites is 1. The van der Waals surface area contributed by atoms with Crippen molar-refractivity contribution in [3.05, 3.63) is 42.5 Å². The number of hydrogen-bond donors (Lipinski definition) is 2. The van der Waals surface area contributed by atoms with Gasteiger partial charge in [0.1, 0.15) is 12.6 Å². The minimum atomic E-state index is -0.613. The molecule has 1 fully saturated rings. The monoisotopic (exact) mass is 417 g/mol. The Kier molecular flexibility index (Phi) is 6.28. The predicted molar refractivity (Wildman–Crippen MR) is 111 cm³/mol. The Labute approximate surface area is 175 Å². The number of rotatable bonds is 6. The standard InChI is InChI=1S/C21H28FN5O3/c1-21(2,3)18(13-30-17-8-6-5-7-15(17)22)25-20(29)24-16-9-10-27(19(16)28)14-11-23-26(4)12-14/h5-8,11-12,16,18H,9-10,13H2,1-4H3,(H2,24,25,29). The van der Waals surface area contributed by atoms with Gasteiger partial charge in [0.15, 0.2) is 11.6 Å². The van der Waals surface area contributed by atoms with E-state index >= 15 is 0 Å². The number of aryl methyl sites for hydroxylation is 1. The molecule has 2 aromatic rings. The van der Waals surface area contributed by atoms with Crippen LogP contribution in [0.4, 0.5) is 14.9 Å². The highest BCUT2D eigenvalue weighted by Crippen LogP contribution is 2.23. The highest BCUT2D eigenvalue weighted by Gasteiger charge is 2.35. The van der Waals surface area contributed by atoms with Gasteiger partial charge in [-0.1, -0.05) is 32.9 Å². The van der Waals surface area contributed by atoms with Crippen LogP contribution in [-0.4, -0.2) is 47.0 Å². The van der Waals surface area contributed by atoms with Gasteiger partial charge in [-0.25, -0.2) is 9.18 Å². The lowest BCUT2D eigenvalue weighted by atomic mass is 9.87. The molecule has 0 bridgehead atoms. The van der Waals surface area contributed by atoms with Crippen molar-refractivity contribution < 1.29 is 18.7 Å². The van der Waals surface area contributed by atoms with Crippen molar-refractivity contribution in [2.75, 3.05) is 18.1 Å². The molecule has 3 rings (SSSR count). The summed E-state index contributed by atoms with van der Waals surface area (Å²) in [6, 6.07) is 4.66. The Morgan fingerprint density at radius 1 is 1.37 bits per heavy atom. The molecule has 1 saturated heterocycles. The van der Waals surface area contributed by atoms with Crippen LogP contribution in [0.2, 0.25) is 0 Å². The summed E-state index contributed by atoms with van der Waals surface area (Å²) in [4.78, 5) is 26.9. The minimum Gasteiger partial charge on any atom is -0.488 e. The van der Waals surface area contributed by atoms with E-state index in [1.54, 1.807) is 47.2 Å². The fourth-order valence-electron chi connectivity index (χ4n) is 3.22. The summed E-state index contributed by atoms with van der Waals surface area (Å²) >= 11 is 0. The van der Waals surface area contributed by atoms with Gasteiger partial charge in [0.2, 0.25) is 5.91 Å². The number of hydrogen-bond acceptors (Lipinski definition) is 4. The summed E-state index contributed by atoms with van der Waals surface area (Å²) < 4.78 is 21.0. The SMILES string of the molecule is Cn1cc(N2CCC(NC(=O)NC(COc3ccccc3F)C(C)(C)C)C2=O)cn1. The average molecular weight is 417 g/mol. The van der Waals surface area contributed by atoms with Crippen LogP contribution >= 0.6 is 0 Å². The molecule has 0 aliphatic carbocycles. The van der Waals surface area contributed by atoms with Crippen LogP contribution in [0.3, 0.4) is 0 Å². The van der Waals surface area contributed by atoms with E-state index in [1.807, 2.05) is 20.8 Å². The number of aromatic nitrogens is 2. The zero-order valence-corrected chi connectivity index (χ0v) is 17.7. The number of urea groups is 1. The molecule has 30 heavy (non-hydrogen) atoms. The van der Waals surface area contributed by atoms with Gasteiger partial charge in [-0.15, -0.1) is 0 Å². The normalized spacial score (nSPS) is 17.7. The largest absolute Gasteiger partial charge is 0.488 e. The molecule has 9 heteroatoms. The van der Waals surface area contributed by atoms with Crippen molar-refractivity contribution in [2.45, 2.75) is 39.3 Å². The fraction of sp³-hybridized carbons (Fsp3) is 0.476. The second kappa shape index (κ2) is 8.73. The van der Waals surface area contributed by atoms with E-state index in [-0.39, 0.29) is 23.7 Å². The molecular weight excluding hydrogens is 389 g/mol. The van der Waals surface area contributed by atoms with E-state index in [0.717, 1.165) is 0 Å². The average Bonchev–Trinajstić information content (AvgIpc) is 3.25. The number of amides is 3. The van der Waals surface area contributed by atoms with Crippen molar-refractivity contribution in [1.29, 1.82) is 0 Å². The van der Waals surface area contributed by atoms with Crippen molar-refractivity contribution in [3.8, 4) is 5.75 Å². The maximum Gasteiger partial charge on any atom is 0.315 e. The van der Waals surface area contributed by atoms with Crippen molar-refractivity contribution in [2.24, 2.45) is 12.5 Å². The number of benzene rings is 1. The number of carbonyl (C=O) groups excluding carboxylic acids is 2. The van der Waals surface area contributed by atoms with E-state index in [9.17, 15) is 14.0 Å². The fourth-order valence-corrected chi connectivity index (χ4v) is 3.22. The van der Waals surface area contributed by atoms with Crippen LogP contribution in [0.15, 0.2) is 36.7 Å². The van der Waals surface area contributed by atoms with Crippen LogP contribution in [0.1, 0.15) is 27.2 Å². The van der Waals surface area contributed by atoms with Gasteiger partial charge in [0, 0.05) is 19.8 Å². The zero-order valence-electron chi connectivity index (χ0n) is 17.7. The highest BCUT2D eigenvalue weighted by atomic mass is 19.1. The summed E-state index contributed by atoms with van der Waals surface area (Å²) in [5.74, 6) is -0.498. The number of nitrogens with zero attached hydrogens (tertiary/aromatic N) is 3. The number of carbonyl (C=O) groups is 2. The summed E-state index contributed by atoms with van der Waals surface area (Å²) in [5, 5.41) is 9.70. The lowest BCUT2D eigenvalue weighted by Crippen LogP contribution is -2.54. The maximum absolute atomic E-state index is 13.8. The Bertz CT molecular complexity index is 908. The van der Waals surface area contributed by atoms with Gasteiger partial charge < -0.3 is 20.3 Å². The van der Waals surface area contributed by atoms with Gasteiger partial charge in [0.25, 0.3) is 0 Å². The number of halogens is 1. The zero-order chi connectivity index (χ0) is 21.9. The molecule has 1 aromatic heterocycles. The molecule has 0 radical (unpaired) electrons. The first-order valence-corrected chi connectivity index (χ1v) is 9.89. The second-order valence-corrected chi connectivity index (χ2v) is 8.48. The van der Waals surface area contributed by atoms with E-state index < -0.39 is 23.9 Å². The molecule has 0 spiro atoms. The number of anilines is 1. The lowest BCUT2D eigenvalue weighted by molar-refractivity contribution is -0.118. The minimum absolute atomic E-state index is 0.0955. The van der Waals surface area contributed by atoms with Gasteiger partial charge in [-0.3, -0.25) is 9.48 Å². The lowest BCUT2D eigenvalue weighted by Gasteiger charge is -2.31. The predicted octanol–water partition coefficient (Wildman–Crippen LogP) is 2.46. The van der Waals surface area contributed by atoms with Gasteiger partial charge in [-0.2, -0.15) is 5.10 Å². The summed E-state index contributed by atoms with van der Waals surface area (Å²) in [6.07, 6.45) is 3.89. The van der Waals surface area contributed by atoms with E-state index in [4.69, 9.17) is 4.74 Å². The number of ether oxygens (including phenoxy) is 1. The van der Waals surface area contributed by atoms with Crippen LogP contribution in [0.25, 0.3) is 0 Å². The van der Waals surface area contributed by atoms with E-state index in [2.05, 4.69) is 15.7 Å². The molecule has 1 aliphatic rings. The third-order valence-corrected chi connectivity index (χ3v) is 5.11. The topological polar surface area (TPSA) is 88.5 Å². The van der Waals surface area contributed by atoms with Crippen molar-refractivity contribution >= 4 is 17.6 Å². The Morgan fingerprint density at radius 3 is 2.73 bits per heavy atom. The van der Waals surface area contributed by atoms with Crippen molar-refractivity contribution in [1.82, 2.24) is 20.4 Å². The van der Waals surface area contributed by atoms with Crippen molar-refractivity contribution in [3.63, 3.8) is 0 Å². The molecular formula is C21H28FN5O3. The van der Waals surface area contributed by atoms with Crippen LogP contribution in [0.5, 0.6) is 5.75 Å². The van der Waals surface area contributed by atoms with Gasteiger partial charge >= 0.3 is 6.03 Å². The molecule has 2 unspecified atom stereocenters. The molecule has 2 N–H and O–H groups in total. The summed E-state index contributed by atoms with van der Waals surface area (Å²) in [5.41, 5.74) is 0.363. The summed E-state index contributed by atoms with van der Waals surface area (Å²) in [6.45, 7) is 6.46. The quantitative estimate of drug-likeness (QED) is 0.756. The first-order chi connectivity index (χ1) is 14.1. The molecule has 162 valence electrons. The molecule has 2 atom stereocenters. The molecule has 8 nitrogen and oxygen atoms in total. The van der Waals surface area contributed by atoms with Crippen LogP contribution in [-0.2, 0) is 11.8 Å². The van der Waals surface area contributed by atoms with E-state index in [0.29, 0.717) is 18.7 Å². The third kappa shape index (κ3) is 5.08. The second-order valence-electron chi connectivity index (χ2n) is 8.48. The van der Waals surface area contributed by atoms with Crippen LogP contribution < -0.4 is 20.3 Å². The molecule has 2 heterocycles. The third-order valence-electron chi connectivity index (χ3n) is 5.11. The molecule has 0 saturated carbocycles. The Morgan fingerprint density at radius 2 is 2.10 bits per heavy atom. The summed E-state index contributed by atoms with van der Waals surface area (Å²) in [7, 11) is 1.78. The Balaban J connectivity index is 1.58. The molecule has 3 amide bonds. The molecule has 1 aliphatic heterocycles. The van der Waals surface area contributed by atoms with Gasteiger partial charge in [0.05, 0.1) is 17.9 Å². The number of nitrogens with one attached hydrogen (secondary N) is 2. The van der Waals surface area contributed by atoms with E-state index in [1.165, 1.54) is 6.07 Å². The Hall–Kier alpha value is -3.10. The van der Waals surface area contributed by atoms with Crippen LogP contribution in [0, 0.1) is 11.2 Å².